The van der Waals surface area contributed by atoms with Crippen LogP contribution in [0.3, 0.4) is 0 Å². The molecular weight excluding hydrogens is 362 g/mol. The van der Waals surface area contributed by atoms with E-state index in [0.717, 1.165) is 17.5 Å². The summed E-state index contributed by atoms with van der Waals surface area (Å²) in [5, 5.41) is 7.59. The van der Waals surface area contributed by atoms with Crippen LogP contribution < -0.4 is 5.56 Å². The number of aromatic amines is 1. The predicted octanol–water partition coefficient (Wildman–Crippen LogP) is 3.81. The van der Waals surface area contributed by atoms with E-state index in [2.05, 4.69) is 22.3 Å². The van der Waals surface area contributed by atoms with Crippen molar-refractivity contribution in [1.29, 1.82) is 0 Å². The van der Waals surface area contributed by atoms with Gasteiger partial charge in [-0.25, -0.2) is 5.10 Å². The van der Waals surface area contributed by atoms with E-state index in [9.17, 15) is 9.59 Å². The fraction of sp³-hybridized carbons (Fsp3) is 0.125. The zero-order chi connectivity index (χ0) is 20.1. The molecule has 5 nitrogen and oxygen atoms in total. The number of aromatic nitrogens is 2. The third kappa shape index (κ3) is 4.24. The lowest BCUT2D eigenvalue weighted by molar-refractivity contribution is 0.0740. The molecule has 0 atom stereocenters. The summed E-state index contributed by atoms with van der Waals surface area (Å²) in [6, 6.07) is 27.0. The highest BCUT2D eigenvalue weighted by Gasteiger charge is 2.21. The number of fused-ring (bicyclic) bond motifs is 1. The summed E-state index contributed by atoms with van der Waals surface area (Å²) in [5.41, 5.74) is 2.18. The van der Waals surface area contributed by atoms with E-state index in [1.54, 1.807) is 23.1 Å². The molecule has 144 valence electrons. The normalized spacial score (nSPS) is 10.8. The molecule has 0 aliphatic heterocycles. The predicted molar refractivity (Wildman–Crippen MR) is 114 cm³/mol. The highest BCUT2D eigenvalue weighted by molar-refractivity contribution is 6.04. The lowest BCUT2D eigenvalue weighted by atomic mass is 10.1. The minimum atomic E-state index is -0.295. The molecule has 4 rings (SSSR count). The van der Waals surface area contributed by atoms with Gasteiger partial charge in [-0.15, -0.1) is 0 Å². The van der Waals surface area contributed by atoms with Crippen LogP contribution in [0.15, 0.2) is 89.7 Å². The van der Waals surface area contributed by atoms with Gasteiger partial charge in [0.05, 0.1) is 5.39 Å². The molecule has 1 amide bonds. The maximum absolute atomic E-state index is 13.4. The second-order valence-corrected chi connectivity index (χ2v) is 6.89. The highest BCUT2D eigenvalue weighted by atomic mass is 16.2. The third-order valence-electron chi connectivity index (χ3n) is 4.92. The molecule has 4 aromatic rings. The average molecular weight is 383 g/mol. The van der Waals surface area contributed by atoms with Crippen LogP contribution in [0.2, 0.25) is 0 Å². The Bertz CT molecular complexity index is 1170. The zero-order valence-electron chi connectivity index (χ0n) is 15.9. The van der Waals surface area contributed by atoms with Gasteiger partial charge in [0.15, 0.2) is 5.69 Å². The Hall–Kier alpha value is -3.73. The van der Waals surface area contributed by atoms with Crippen molar-refractivity contribution in [1.82, 2.24) is 15.1 Å². The van der Waals surface area contributed by atoms with Gasteiger partial charge >= 0.3 is 0 Å². The van der Waals surface area contributed by atoms with Crippen LogP contribution in [-0.2, 0) is 13.0 Å². The van der Waals surface area contributed by atoms with E-state index < -0.39 is 0 Å². The lowest BCUT2D eigenvalue weighted by Gasteiger charge is -2.23. The van der Waals surface area contributed by atoms with Crippen molar-refractivity contribution in [3.63, 3.8) is 0 Å². The Morgan fingerprint density at radius 1 is 0.793 bits per heavy atom. The number of hydrogen-bond donors (Lipinski definition) is 1. The van der Waals surface area contributed by atoms with E-state index in [0.29, 0.717) is 23.9 Å². The quantitative estimate of drug-likeness (QED) is 0.551. The smallest absolute Gasteiger partial charge is 0.275 e. The summed E-state index contributed by atoms with van der Waals surface area (Å²) in [7, 11) is 0. The standard InChI is InChI=1S/C24H21N3O2/c28-23-21-14-8-7-13-20(21)22(25-26-23)24(29)27(17-19-11-5-2-6-12-19)16-15-18-9-3-1-4-10-18/h1-14H,15-17H2,(H,26,28). The average Bonchev–Trinajstić information content (AvgIpc) is 2.78. The number of amides is 1. The summed E-state index contributed by atoms with van der Waals surface area (Å²) >= 11 is 0. The van der Waals surface area contributed by atoms with Crippen molar-refractivity contribution in [3.8, 4) is 0 Å². The minimum absolute atomic E-state index is 0.197. The molecule has 1 N–H and O–H groups in total. The van der Waals surface area contributed by atoms with Crippen molar-refractivity contribution in [2.75, 3.05) is 6.54 Å². The van der Waals surface area contributed by atoms with Gasteiger partial charge < -0.3 is 4.90 Å². The Labute approximate surface area is 168 Å². The number of nitrogens with zero attached hydrogens (tertiary/aromatic N) is 2. The van der Waals surface area contributed by atoms with E-state index in [-0.39, 0.29) is 17.2 Å². The van der Waals surface area contributed by atoms with Crippen LogP contribution in [0.5, 0.6) is 0 Å². The van der Waals surface area contributed by atoms with Crippen LogP contribution >= 0.6 is 0 Å². The Morgan fingerprint density at radius 2 is 1.38 bits per heavy atom. The van der Waals surface area contributed by atoms with Crippen molar-refractivity contribution in [2.45, 2.75) is 13.0 Å². The molecule has 0 aliphatic carbocycles. The molecule has 0 bridgehead atoms. The summed E-state index contributed by atoms with van der Waals surface area (Å²) in [4.78, 5) is 27.3. The molecule has 0 saturated heterocycles. The van der Waals surface area contributed by atoms with Crippen molar-refractivity contribution >= 4 is 16.7 Å². The van der Waals surface area contributed by atoms with Crippen LogP contribution in [0.25, 0.3) is 10.8 Å². The number of rotatable bonds is 6. The molecule has 0 spiro atoms. The first-order valence-corrected chi connectivity index (χ1v) is 9.57. The maximum atomic E-state index is 13.4. The molecule has 1 aromatic heterocycles. The molecular formula is C24H21N3O2. The molecule has 0 fully saturated rings. The van der Waals surface area contributed by atoms with E-state index in [1.165, 1.54) is 0 Å². The van der Waals surface area contributed by atoms with Gasteiger partial charge in [0.1, 0.15) is 0 Å². The highest BCUT2D eigenvalue weighted by Crippen LogP contribution is 2.17. The molecule has 1 heterocycles. The molecule has 0 saturated carbocycles. The van der Waals surface area contributed by atoms with Gasteiger partial charge in [-0.05, 0) is 23.6 Å². The van der Waals surface area contributed by atoms with Gasteiger partial charge in [-0.2, -0.15) is 5.10 Å². The Morgan fingerprint density at radius 3 is 2.07 bits per heavy atom. The minimum Gasteiger partial charge on any atom is -0.333 e. The number of benzene rings is 3. The molecule has 5 heteroatoms. The maximum Gasteiger partial charge on any atom is 0.275 e. The van der Waals surface area contributed by atoms with Gasteiger partial charge in [-0.1, -0.05) is 78.9 Å². The van der Waals surface area contributed by atoms with E-state index in [4.69, 9.17) is 0 Å². The molecule has 29 heavy (non-hydrogen) atoms. The number of H-pyrrole nitrogens is 1. The van der Waals surface area contributed by atoms with Gasteiger partial charge in [0, 0.05) is 18.5 Å². The SMILES string of the molecule is O=C(c1n[nH]c(=O)c2ccccc12)N(CCc1ccccc1)Cc1ccccc1. The van der Waals surface area contributed by atoms with Crippen molar-refractivity contribution in [3.05, 3.63) is 112 Å². The van der Waals surface area contributed by atoms with Gasteiger partial charge in [-0.3, -0.25) is 9.59 Å². The van der Waals surface area contributed by atoms with Crippen LogP contribution in [0, 0.1) is 0 Å². The number of carbonyl (C=O) groups excluding carboxylic acids is 1. The first-order valence-electron chi connectivity index (χ1n) is 9.57. The monoisotopic (exact) mass is 383 g/mol. The summed E-state index contributed by atoms with van der Waals surface area (Å²) < 4.78 is 0. The molecule has 0 radical (unpaired) electrons. The van der Waals surface area contributed by atoms with Crippen molar-refractivity contribution < 1.29 is 4.79 Å². The fourth-order valence-electron chi connectivity index (χ4n) is 3.39. The first-order chi connectivity index (χ1) is 14.2. The second-order valence-electron chi connectivity index (χ2n) is 6.89. The number of hydrogen-bond acceptors (Lipinski definition) is 3. The Balaban J connectivity index is 1.67. The topological polar surface area (TPSA) is 66.1 Å². The number of nitrogens with one attached hydrogen (secondary N) is 1. The van der Waals surface area contributed by atoms with Crippen LogP contribution in [-0.4, -0.2) is 27.5 Å². The Kier molecular flexibility index (Phi) is 5.47. The van der Waals surface area contributed by atoms with E-state index >= 15 is 0 Å². The van der Waals surface area contributed by atoms with Crippen molar-refractivity contribution in [2.24, 2.45) is 0 Å². The summed E-state index contributed by atoms with van der Waals surface area (Å²) in [6.07, 6.45) is 0.737. The van der Waals surface area contributed by atoms with Crippen LogP contribution in [0.1, 0.15) is 21.6 Å². The first kappa shape index (κ1) is 18.6. The van der Waals surface area contributed by atoms with Crippen LogP contribution in [0.4, 0.5) is 0 Å². The summed E-state index contributed by atoms with van der Waals surface area (Å²) in [6.45, 7) is 1.02. The molecule has 0 unspecified atom stereocenters. The molecule has 0 aliphatic rings. The largest absolute Gasteiger partial charge is 0.333 e. The number of carbonyl (C=O) groups is 1. The van der Waals surface area contributed by atoms with E-state index in [1.807, 2.05) is 54.6 Å². The van der Waals surface area contributed by atoms with Gasteiger partial charge in [0.2, 0.25) is 0 Å². The second kappa shape index (κ2) is 8.52. The zero-order valence-corrected chi connectivity index (χ0v) is 15.9. The fourth-order valence-corrected chi connectivity index (χ4v) is 3.39. The van der Waals surface area contributed by atoms with Gasteiger partial charge in [0.25, 0.3) is 11.5 Å². The lowest BCUT2D eigenvalue weighted by Crippen LogP contribution is -2.34. The third-order valence-corrected chi connectivity index (χ3v) is 4.92. The summed E-state index contributed by atoms with van der Waals surface area (Å²) in [5.74, 6) is -0.197. The molecule has 3 aromatic carbocycles.